The molecular formula is C15H14IN3O2. The van der Waals surface area contributed by atoms with Crippen LogP contribution in [-0.2, 0) is 11.2 Å². The highest BCUT2D eigenvalue weighted by Crippen LogP contribution is 2.10. The Hall–Kier alpha value is -1.96. The fraction of sp³-hybridized carbons (Fsp3) is 0.133. The van der Waals surface area contributed by atoms with E-state index in [0.29, 0.717) is 12.0 Å². The lowest BCUT2D eigenvalue weighted by atomic mass is 10.1. The molecule has 1 atom stereocenters. The van der Waals surface area contributed by atoms with Gasteiger partial charge in [-0.2, -0.15) is 0 Å². The molecule has 108 valence electrons. The third-order valence-corrected chi connectivity index (χ3v) is 3.57. The molecule has 0 saturated carbocycles. The van der Waals surface area contributed by atoms with Crippen molar-refractivity contribution in [3.05, 3.63) is 63.5 Å². The van der Waals surface area contributed by atoms with Crippen LogP contribution in [0, 0.1) is 3.57 Å². The van der Waals surface area contributed by atoms with Gasteiger partial charge in [0.1, 0.15) is 6.04 Å². The van der Waals surface area contributed by atoms with E-state index < -0.39 is 11.9 Å². The van der Waals surface area contributed by atoms with Gasteiger partial charge in [0.25, 0.3) is 5.91 Å². The highest BCUT2D eigenvalue weighted by molar-refractivity contribution is 14.1. The molecule has 6 heteroatoms. The normalized spacial score (nSPS) is 11.7. The number of pyridine rings is 1. The minimum Gasteiger partial charge on any atom is -0.368 e. The number of carbonyl (C=O) groups is 2. The van der Waals surface area contributed by atoms with E-state index in [1.54, 1.807) is 18.3 Å². The summed E-state index contributed by atoms with van der Waals surface area (Å²) >= 11 is 2.19. The number of nitrogens with zero attached hydrogens (tertiary/aromatic N) is 1. The summed E-state index contributed by atoms with van der Waals surface area (Å²) < 4.78 is 1.06. The van der Waals surface area contributed by atoms with Crippen molar-refractivity contribution in [2.24, 2.45) is 5.73 Å². The number of halogens is 1. The molecule has 0 bridgehead atoms. The first-order valence-corrected chi connectivity index (χ1v) is 7.39. The van der Waals surface area contributed by atoms with E-state index in [2.05, 4.69) is 32.9 Å². The zero-order chi connectivity index (χ0) is 15.2. The van der Waals surface area contributed by atoms with E-state index in [0.717, 1.165) is 9.13 Å². The fourth-order valence-electron chi connectivity index (χ4n) is 1.86. The van der Waals surface area contributed by atoms with Gasteiger partial charge in [-0.15, -0.1) is 0 Å². The molecule has 3 N–H and O–H groups in total. The number of aromatic nitrogens is 1. The van der Waals surface area contributed by atoms with Crippen molar-refractivity contribution in [2.45, 2.75) is 12.5 Å². The van der Waals surface area contributed by atoms with E-state index in [-0.39, 0.29) is 5.91 Å². The Morgan fingerprint density at radius 2 is 2.10 bits per heavy atom. The monoisotopic (exact) mass is 395 g/mol. The van der Waals surface area contributed by atoms with E-state index in [9.17, 15) is 9.59 Å². The lowest BCUT2D eigenvalue weighted by molar-refractivity contribution is -0.119. The molecule has 0 aliphatic heterocycles. The summed E-state index contributed by atoms with van der Waals surface area (Å²) in [4.78, 5) is 27.5. The van der Waals surface area contributed by atoms with Crippen LogP contribution in [0.5, 0.6) is 0 Å². The summed E-state index contributed by atoms with van der Waals surface area (Å²) in [5.41, 5.74) is 6.71. The van der Waals surface area contributed by atoms with E-state index in [1.165, 1.54) is 6.20 Å². The minimum atomic E-state index is -0.754. The number of benzene rings is 1. The molecule has 0 spiro atoms. The van der Waals surface area contributed by atoms with Crippen molar-refractivity contribution < 1.29 is 9.59 Å². The summed E-state index contributed by atoms with van der Waals surface area (Å²) in [6.07, 6.45) is 3.38. The van der Waals surface area contributed by atoms with Crippen LogP contribution in [0.2, 0.25) is 0 Å². The van der Waals surface area contributed by atoms with Crippen molar-refractivity contribution in [1.82, 2.24) is 10.3 Å². The van der Waals surface area contributed by atoms with Gasteiger partial charge in [0.15, 0.2) is 0 Å². The van der Waals surface area contributed by atoms with Gasteiger partial charge in [0.05, 0.1) is 5.56 Å². The molecule has 2 amide bonds. The van der Waals surface area contributed by atoms with Crippen LogP contribution < -0.4 is 11.1 Å². The molecule has 1 aromatic heterocycles. The van der Waals surface area contributed by atoms with Gasteiger partial charge in [-0.25, -0.2) is 0 Å². The Balaban J connectivity index is 2.09. The third-order valence-electron chi connectivity index (χ3n) is 2.90. The molecule has 0 saturated heterocycles. The van der Waals surface area contributed by atoms with Crippen molar-refractivity contribution >= 4 is 34.4 Å². The largest absolute Gasteiger partial charge is 0.368 e. The first kappa shape index (κ1) is 15.4. The van der Waals surface area contributed by atoms with Crippen molar-refractivity contribution in [2.75, 3.05) is 0 Å². The summed E-state index contributed by atoms with van der Waals surface area (Å²) in [6.45, 7) is 0. The third kappa shape index (κ3) is 4.52. The minimum absolute atomic E-state index is 0.359. The topological polar surface area (TPSA) is 85.1 Å². The van der Waals surface area contributed by atoms with E-state index >= 15 is 0 Å². The highest BCUT2D eigenvalue weighted by Gasteiger charge is 2.19. The summed E-state index contributed by atoms with van der Waals surface area (Å²) in [5, 5.41) is 2.64. The van der Waals surface area contributed by atoms with Crippen LogP contribution >= 0.6 is 22.6 Å². The van der Waals surface area contributed by atoms with Crippen LogP contribution in [0.1, 0.15) is 15.9 Å². The molecule has 1 heterocycles. The second-order valence-electron chi connectivity index (χ2n) is 4.50. The molecule has 1 aromatic carbocycles. The number of hydrogen-bond donors (Lipinski definition) is 2. The quantitative estimate of drug-likeness (QED) is 0.753. The van der Waals surface area contributed by atoms with Crippen LogP contribution in [0.3, 0.4) is 0 Å². The Morgan fingerprint density at radius 1 is 1.29 bits per heavy atom. The lowest BCUT2D eigenvalue weighted by Gasteiger charge is -2.15. The molecule has 5 nitrogen and oxygen atoms in total. The van der Waals surface area contributed by atoms with Gasteiger partial charge in [-0.05, 0) is 52.4 Å². The molecule has 0 fully saturated rings. The zero-order valence-corrected chi connectivity index (χ0v) is 13.3. The smallest absolute Gasteiger partial charge is 0.253 e. The van der Waals surface area contributed by atoms with Crippen LogP contribution in [0.25, 0.3) is 0 Å². The second-order valence-corrected chi connectivity index (χ2v) is 5.75. The Labute approximate surface area is 136 Å². The first-order chi connectivity index (χ1) is 10.1. The summed E-state index contributed by atoms with van der Waals surface area (Å²) in [5.74, 6) is -0.927. The van der Waals surface area contributed by atoms with Crippen LogP contribution in [0.15, 0.2) is 48.8 Å². The summed E-state index contributed by atoms with van der Waals surface area (Å²) in [7, 11) is 0. The molecule has 2 rings (SSSR count). The first-order valence-electron chi connectivity index (χ1n) is 6.31. The Kier molecular flexibility index (Phi) is 5.26. The maximum absolute atomic E-state index is 12.1. The lowest BCUT2D eigenvalue weighted by Crippen LogP contribution is -2.45. The van der Waals surface area contributed by atoms with Crippen molar-refractivity contribution in [1.29, 1.82) is 0 Å². The molecule has 0 radical (unpaired) electrons. The van der Waals surface area contributed by atoms with Crippen LogP contribution in [-0.4, -0.2) is 22.8 Å². The number of nitrogens with one attached hydrogen (secondary N) is 1. The average Bonchev–Trinajstić information content (AvgIpc) is 2.47. The predicted octanol–water partition coefficient (Wildman–Crippen LogP) is 1.51. The number of primary amides is 1. The number of rotatable bonds is 5. The summed E-state index contributed by atoms with van der Waals surface area (Å²) in [6, 6.07) is 10.2. The van der Waals surface area contributed by atoms with Crippen LogP contribution in [0.4, 0.5) is 0 Å². The van der Waals surface area contributed by atoms with Crippen molar-refractivity contribution in [3.8, 4) is 0 Å². The second kappa shape index (κ2) is 7.16. The van der Waals surface area contributed by atoms with Gasteiger partial charge >= 0.3 is 0 Å². The number of hydrogen-bond acceptors (Lipinski definition) is 3. The van der Waals surface area contributed by atoms with Crippen molar-refractivity contribution in [3.63, 3.8) is 0 Å². The van der Waals surface area contributed by atoms with Gasteiger partial charge in [0, 0.05) is 22.4 Å². The van der Waals surface area contributed by atoms with E-state index in [1.807, 2.05) is 24.3 Å². The SMILES string of the molecule is NC(=O)[C@H](Cc1cccc(I)c1)NC(=O)c1cccnc1. The number of amides is 2. The maximum Gasteiger partial charge on any atom is 0.253 e. The molecule has 0 aliphatic carbocycles. The highest BCUT2D eigenvalue weighted by atomic mass is 127. The zero-order valence-electron chi connectivity index (χ0n) is 11.1. The fourth-order valence-corrected chi connectivity index (χ4v) is 2.47. The van der Waals surface area contributed by atoms with Gasteiger partial charge in [-0.3, -0.25) is 14.6 Å². The number of nitrogens with two attached hydrogens (primary N) is 1. The molecule has 0 unspecified atom stereocenters. The van der Waals surface area contributed by atoms with Gasteiger partial charge in [-0.1, -0.05) is 12.1 Å². The standard InChI is InChI=1S/C15H14IN3O2/c16-12-5-1-3-10(7-12)8-13(14(17)20)19-15(21)11-4-2-6-18-9-11/h1-7,9,13H,8H2,(H2,17,20)(H,19,21)/t13-/m0/s1. The number of carbonyl (C=O) groups excluding carboxylic acids is 2. The van der Waals surface area contributed by atoms with E-state index in [4.69, 9.17) is 5.73 Å². The van der Waals surface area contributed by atoms with Gasteiger partial charge in [0.2, 0.25) is 5.91 Å². The molecular weight excluding hydrogens is 381 g/mol. The molecule has 0 aliphatic rings. The average molecular weight is 395 g/mol. The predicted molar refractivity (Wildman–Crippen MR) is 87.5 cm³/mol. The van der Waals surface area contributed by atoms with Gasteiger partial charge < -0.3 is 11.1 Å². The molecule has 2 aromatic rings. The molecule has 21 heavy (non-hydrogen) atoms. The Bertz CT molecular complexity index is 646. The Morgan fingerprint density at radius 3 is 2.71 bits per heavy atom. The maximum atomic E-state index is 12.1.